The lowest BCUT2D eigenvalue weighted by molar-refractivity contribution is 0.0952. The van der Waals surface area contributed by atoms with E-state index in [4.69, 9.17) is 4.74 Å². The summed E-state index contributed by atoms with van der Waals surface area (Å²) in [6, 6.07) is 4.81. The minimum absolute atomic E-state index is 0. The fourth-order valence-corrected chi connectivity index (χ4v) is 4.53. The quantitative estimate of drug-likeness (QED) is 0.562. The Morgan fingerprint density at radius 1 is 1.18 bits per heavy atom. The average molecular weight is 435 g/mol. The van der Waals surface area contributed by atoms with Crippen LogP contribution in [0.3, 0.4) is 0 Å². The predicted molar refractivity (Wildman–Crippen MR) is 113 cm³/mol. The Labute approximate surface area is 174 Å². The van der Waals surface area contributed by atoms with Crippen molar-refractivity contribution in [2.75, 3.05) is 64.4 Å². The van der Waals surface area contributed by atoms with Crippen LogP contribution in [-0.4, -0.2) is 78.2 Å². The van der Waals surface area contributed by atoms with E-state index in [9.17, 15) is 13.2 Å². The van der Waals surface area contributed by atoms with E-state index in [0.717, 1.165) is 5.69 Å². The van der Waals surface area contributed by atoms with E-state index in [2.05, 4.69) is 15.5 Å². The molecule has 0 spiro atoms. The summed E-state index contributed by atoms with van der Waals surface area (Å²) < 4.78 is 32.5. The molecule has 28 heavy (non-hydrogen) atoms. The van der Waals surface area contributed by atoms with Crippen LogP contribution < -0.4 is 15.5 Å². The topological polar surface area (TPSA) is 91.0 Å². The van der Waals surface area contributed by atoms with Crippen LogP contribution in [-0.2, 0) is 14.8 Å². The summed E-state index contributed by atoms with van der Waals surface area (Å²) in [6.45, 7) is 7.96. The summed E-state index contributed by atoms with van der Waals surface area (Å²) in [5.74, 6) is -0.275. The van der Waals surface area contributed by atoms with Crippen LogP contribution in [0.2, 0.25) is 0 Å². The first kappa shape index (κ1) is 24.6. The first-order valence-corrected chi connectivity index (χ1v) is 10.8. The number of benzene rings is 1. The van der Waals surface area contributed by atoms with Crippen LogP contribution in [0, 0.1) is 0 Å². The van der Waals surface area contributed by atoms with E-state index in [1.54, 1.807) is 26.0 Å². The van der Waals surface area contributed by atoms with Crippen molar-refractivity contribution >= 4 is 34.0 Å². The molecule has 1 aliphatic rings. The molecule has 2 N–H and O–H groups in total. The maximum absolute atomic E-state index is 12.9. The lowest BCUT2D eigenvalue weighted by atomic mass is 10.1. The van der Waals surface area contributed by atoms with Crippen LogP contribution in [0.1, 0.15) is 24.2 Å². The standard InChI is InChI=1S/C18H30N4O4S.ClH/c1-4-22(5-2)27(24,25)15-6-7-17(21-10-12-26-13-11-21)16(14-15)18(23)20-9-8-19-3;/h6-7,14,19H,4-5,8-13H2,1-3H3,(H,20,23);1H. The minimum Gasteiger partial charge on any atom is -0.378 e. The summed E-state index contributed by atoms with van der Waals surface area (Å²) in [5, 5.41) is 5.82. The highest BCUT2D eigenvalue weighted by atomic mass is 35.5. The molecule has 0 atom stereocenters. The molecule has 1 fully saturated rings. The van der Waals surface area contributed by atoms with E-state index < -0.39 is 10.0 Å². The van der Waals surface area contributed by atoms with Crippen LogP contribution in [0.4, 0.5) is 5.69 Å². The number of nitrogens with one attached hydrogen (secondary N) is 2. The second-order valence-corrected chi connectivity index (χ2v) is 8.17. The predicted octanol–water partition coefficient (Wildman–Crippen LogP) is 0.925. The van der Waals surface area contributed by atoms with Gasteiger partial charge in [-0.3, -0.25) is 4.79 Å². The zero-order valence-electron chi connectivity index (χ0n) is 16.7. The highest BCUT2D eigenvalue weighted by molar-refractivity contribution is 7.89. The second-order valence-electron chi connectivity index (χ2n) is 6.23. The maximum atomic E-state index is 12.9. The number of sulfonamides is 1. The van der Waals surface area contributed by atoms with Crippen molar-refractivity contribution in [3.63, 3.8) is 0 Å². The number of carbonyl (C=O) groups is 1. The molecule has 0 aromatic heterocycles. The molecule has 0 saturated carbocycles. The summed E-state index contributed by atoms with van der Waals surface area (Å²) in [6.07, 6.45) is 0. The highest BCUT2D eigenvalue weighted by Gasteiger charge is 2.26. The molecule has 160 valence electrons. The SMILES string of the molecule is CCN(CC)S(=O)(=O)c1ccc(N2CCOCC2)c(C(=O)NCCNC)c1.Cl. The molecule has 0 bridgehead atoms. The molecule has 1 heterocycles. The number of hydrogen-bond acceptors (Lipinski definition) is 6. The van der Waals surface area contributed by atoms with Crippen molar-refractivity contribution in [2.45, 2.75) is 18.7 Å². The largest absolute Gasteiger partial charge is 0.378 e. The molecular weight excluding hydrogens is 404 g/mol. The molecule has 1 aromatic carbocycles. The van der Waals surface area contributed by atoms with Gasteiger partial charge in [0, 0.05) is 45.0 Å². The van der Waals surface area contributed by atoms with Crippen molar-refractivity contribution in [2.24, 2.45) is 0 Å². The number of likely N-dealkylation sites (N-methyl/N-ethyl adjacent to an activating group) is 1. The molecule has 1 aromatic rings. The number of nitrogens with zero attached hydrogens (tertiary/aromatic N) is 2. The van der Waals surface area contributed by atoms with E-state index in [1.807, 2.05) is 7.05 Å². The van der Waals surface area contributed by atoms with Gasteiger partial charge >= 0.3 is 0 Å². The molecule has 10 heteroatoms. The number of hydrogen-bond donors (Lipinski definition) is 2. The zero-order chi connectivity index (χ0) is 19.9. The number of carbonyl (C=O) groups excluding carboxylic acids is 1. The molecular formula is C18H31ClN4O4S. The summed E-state index contributed by atoms with van der Waals surface area (Å²) in [4.78, 5) is 15.0. The van der Waals surface area contributed by atoms with Gasteiger partial charge in [-0.05, 0) is 25.2 Å². The number of ether oxygens (including phenoxy) is 1. The molecule has 0 unspecified atom stereocenters. The van der Waals surface area contributed by atoms with Crippen LogP contribution in [0.25, 0.3) is 0 Å². The maximum Gasteiger partial charge on any atom is 0.253 e. The van der Waals surface area contributed by atoms with Crippen molar-refractivity contribution in [3.8, 4) is 0 Å². The Hall–Kier alpha value is -1.39. The van der Waals surface area contributed by atoms with E-state index in [0.29, 0.717) is 58.0 Å². The third-order valence-corrected chi connectivity index (χ3v) is 6.61. The number of halogens is 1. The second kappa shape index (κ2) is 11.6. The lowest BCUT2D eigenvalue weighted by Crippen LogP contribution is -2.38. The molecule has 0 radical (unpaired) electrons. The summed E-state index contributed by atoms with van der Waals surface area (Å²) in [5.41, 5.74) is 1.11. The Morgan fingerprint density at radius 3 is 2.39 bits per heavy atom. The van der Waals surface area contributed by atoms with Gasteiger partial charge in [-0.25, -0.2) is 8.42 Å². The number of morpholine rings is 1. The normalized spacial score (nSPS) is 14.6. The fourth-order valence-electron chi connectivity index (χ4n) is 3.05. The molecule has 1 aliphatic heterocycles. The number of amides is 1. The van der Waals surface area contributed by atoms with Gasteiger partial charge in [-0.15, -0.1) is 12.4 Å². The van der Waals surface area contributed by atoms with Gasteiger partial charge in [0.2, 0.25) is 10.0 Å². The van der Waals surface area contributed by atoms with Crippen LogP contribution in [0.15, 0.2) is 23.1 Å². The third kappa shape index (κ3) is 5.81. The monoisotopic (exact) mass is 434 g/mol. The van der Waals surface area contributed by atoms with E-state index in [-0.39, 0.29) is 23.2 Å². The van der Waals surface area contributed by atoms with Crippen LogP contribution >= 0.6 is 12.4 Å². The number of rotatable bonds is 9. The van der Waals surface area contributed by atoms with Crippen molar-refractivity contribution in [3.05, 3.63) is 23.8 Å². The Bertz CT molecular complexity index is 735. The first-order valence-electron chi connectivity index (χ1n) is 9.35. The van der Waals surface area contributed by atoms with Gasteiger partial charge in [-0.2, -0.15) is 4.31 Å². The minimum atomic E-state index is -3.63. The van der Waals surface area contributed by atoms with Gasteiger partial charge in [-0.1, -0.05) is 13.8 Å². The van der Waals surface area contributed by atoms with Crippen molar-refractivity contribution in [1.29, 1.82) is 0 Å². The smallest absolute Gasteiger partial charge is 0.253 e. The van der Waals surface area contributed by atoms with E-state index >= 15 is 0 Å². The third-order valence-electron chi connectivity index (χ3n) is 4.57. The van der Waals surface area contributed by atoms with Crippen molar-refractivity contribution in [1.82, 2.24) is 14.9 Å². The first-order chi connectivity index (χ1) is 13.0. The van der Waals surface area contributed by atoms with Gasteiger partial charge < -0.3 is 20.3 Å². The Balaban J connectivity index is 0.00000392. The lowest BCUT2D eigenvalue weighted by Gasteiger charge is -2.30. The van der Waals surface area contributed by atoms with E-state index in [1.165, 1.54) is 10.4 Å². The van der Waals surface area contributed by atoms with Gasteiger partial charge in [0.25, 0.3) is 5.91 Å². The van der Waals surface area contributed by atoms with Gasteiger partial charge in [0.15, 0.2) is 0 Å². The average Bonchev–Trinajstić information content (AvgIpc) is 2.69. The van der Waals surface area contributed by atoms with Crippen LogP contribution in [0.5, 0.6) is 0 Å². The zero-order valence-corrected chi connectivity index (χ0v) is 18.4. The summed E-state index contributed by atoms with van der Waals surface area (Å²) in [7, 11) is -1.82. The molecule has 8 nitrogen and oxygen atoms in total. The fraction of sp³-hybridized carbons (Fsp3) is 0.611. The van der Waals surface area contributed by atoms with Crippen molar-refractivity contribution < 1.29 is 17.9 Å². The number of anilines is 1. The molecule has 1 saturated heterocycles. The van der Waals surface area contributed by atoms with Gasteiger partial charge in [0.05, 0.1) is 23.7 Å². The Kier molecular flexibility index (Phi) is 10.2. The Morgan fingerprint density at radius 2 is 1.82 bits per heavy atom. The van der Waals surface area contributed by atoms with Gasteiger partial charge in [0.1, 0.15) is 0 Å². The molecule has 1 amide bonds. The summed E-state index contributed by atoms with van der Waals surface area (Å²) >= 11 is 0. The molecule has 0 aliphatic carbocycles. The molecule has 2 rings (SSSR count). The highest BCUT2D eigenvalue weighted by Crippen LogP contribution is 2.26.